The van der Waals surface area contributed by atoms with E-state index in [2.05, 4.69) is 225 Å². The average Bonchev–Trinajstić information content (AvgIpc) is 3.27. The highest BCUT2D eigenvalue weighted by atomic mass is 15.2. The van der Waals surface area contributed by atoms with Crippen LogP contribution in [-0.4, -0.2) is 6.71 Å². The number of rotatable bonds is 5. The summed E-state index contributed by atoms with van der Waals surface area (Å²) < 4.78 is 0. The molecule has 0 aliphatic carbocycles. The summed E-state index contributed by atoms with van der Waals surface area (Å²) >= 11 is 0. The van der Waals surface area contributed by atoms with Crippen molar-refractivity contribution in [2.45, 2.75) is 34.6 Å². The minimum Gasteiger partial charge on any atom is -0.311 e. The Kier molecular flexibility index (Phi) is 7.80. The Balaban J connectivity index is 1.16. The van der Waals surface area contributed by atoms with Crippen LogP contribution in [0.15, 0.2) is 176 Å². The second kappa shape index (κ2) is 13.4. The van der Waals surface area contributed by atoms with Gasteiger partial charge in [0.1, 0.15) is 0 Å². The molecule has 12 rings (SSSR count). The average molecular weight is 782 g/mol. The molecule has 0 bridgehead atoms. The van der Waals surface area contributed by atoms with Gasteiger partial charge in [0.15, 0.2) is 0 Å². The van der Waals surface area contributed by atoms with Crippen LogP contribution in [0.4, 0.5) is 51.2 Å². The molecule has 0 unspecified atom stereocenters. The smallest absolute Gasteiger partial charge is 0.257 e. The molecule has 61 heavy (non-hydrogen) atoms. The SMILES string of the molecule is Cc1ccc(N2c3cc(C)cc4c3B3c5c2cc(C)cc5N(c2ccc(-c5cccc(-c6ccccc6)c5)c5ccccc25)c2cc(C)cc(c23)N4c2ccc(C)cc2)cc1. The molecule has 290 valence electrons. The van der Waals surface area contributed by atoms with Crippen molar-refractivity contribution >= 4 is 85.1 Å². The van der Waals surface area contributed by atoms with Gasteiger partial charge in [0.25, 0.3) is 6.71 Å². The van der Waals surface area contributed by atoms with E-state index >= 15 is 0 Å². The molecule has 0 N–H and O–H groups in total. The molecule has 0 radical (unpaired) electrons. The molecule has 0 amide bonds. The van der Waals surface area contributed by atoms with Crippen molar-refractivity contribution in [3.8, 4) is 22.3 Å². The van der Waals surface area contributed by atoms with Crippen LogP contribution < -0.4 is 31.1 Å². The van der Waals surface area contributed by atoms with Crippen LogP contribution in [0.3, 0.4) is 0 Å². The largest absolute Gasteiger partial charge is 0.311 e. The van der Waals surface area contributed by atoms with Gasteiger partial charge in [-0.1, -0.05) is 114 Å². The Bertz CT molecular complexity index is 3130. The van der Waals surface area contributed by atoms with Crippen LogP contribution in [0.2, 0.25) is 0 Å². The van der Waals surface area contributed by atoms with E-state index in [1.807, 2.05) is 0 Å². The molecule has 3 aliphatic heterocycles. The molecule has 0 aromatic heterocycles. The summed E-state index contributed by atoms with van der Waals surface area (Å²) in [5.74, 6) is 0. The lowest BCUT2D eigenvalue weighted by molar-refractivity contribution is 1.20. The molecule has 3 heterocycles. The van der Waals surface area contributed by atoms with Crippen molar-refractivity contribution in [1.29, 1.82) is 0 Å². The zero-order valence-electron chi connectivity index (χ0n) is 35.2. The van der Waals surface area contributed by atoms with Gasteiger partial charge in [-0.2, -0.15) is 0 Å². The van der Waals surface area contributed by atoms with Gasteiger partial charge in [-0.25, -0.2) is 0 Å². The Labute approximate surface area is 358 Å². The lowest BCUT2D eigenvalue weighted by Gasteiger charge is -2.49. The van der Waals surface area contributed by atoms with Gasteiger partial charge in [-0.3, -0.25) is 0 Å². The van der Waals surface area contributed by atoms with Crippen LogP contribution in [-0.2, 0) is 0 Å². The Morgan fingerprint density at radius 3 is 1.23 bits per heavy atom. The van der Waals surface area contributed by atoms with Crippen LogP contribution in [0.25, 0.3) is 33.0 Å². The highest BCUT2D eigenvalue weighted by molar-refractivity contribution is 7.02. The number of anilines is 9. The predicted octanol–water partition coefficient (Wildman–Crippen LogP) is 13.6. The predicted molar refractivity (Wildman–Crippen MR) is 261 cm³/mol. The van der Waals surface area contributed by atoms with E-state index in [-0.39, 0.29) is 6.71 Å². The standard InChI is InChI=1S/C57H44BN3/c1-35-18-22-43(23-19-35)59-49-28-37(3)29-50-55(49)58-56-51(59)30-38(4)32-53(56)61(54-33-39(5)31-52(57(54)58)60(50)44-24-20-36(2)21-25-44)48-27-26-45(46-16-9-10-17-47(46)48)42-15-11-14-41(34-42)40-12-7-6-8-13-40/h6-34H,1-5H3. The molecule has 4 heteroatoms. The van der Waals surface area contributed by atoms with Crippen LogP contribution >= 0.6 is 0 Å². The summed E-state index contributed by atoms with van der Waals surface area (Å²) in [6.45, 7) is 11.2. The highest BCUT2D eigenvalue weighted by Crippen LogP contribution is 2.52. The molecule has 9 aromatic carbocycles. The van der Waals surface area contributed by atoms with E-state index in [1.54, 1.807) is 0 Å². The number of fused-ring (bicyclic) bond motifs is 1. The van der Waals surface area contributed by atoms with Crippen molar-refractivity contribution in [2.75, 3.05) is 14.7 Å². The van der Waals surface area contributed by atoms with E-state index in [4.69, 9.17) is 0 Å². The third kappa shape index (κ3) is 5.38. The second-order valence-corrected chi connectivity index (χ2v) is 17.4. The monoisotopic (exact) mass is 781 g/mol. The lowest BCUT2D eigenvalue weighted by Crippen LogP contribution is -2.65. The summed E-state index contributed by atoms with van der Waals surface area (Å²) in [5.41, 5.74) is 26.2. The molecule has 0 atom stereocenters. The molecule has 0 saturated carbocycles. The van der Waals surface area contributed by atoms with Crippen LogP contribution in [0.1, 0.15) is 27.8 Å². The minimum absolute atomic E-state index is 0.0488. The first kappa shape index (κ1) is 35.6. The molecule has 9 aromatic rings. The van der Waals surface area contributed by atoms with Crippen molar-refractivity contribution in [3.63, 3.8) is 0 Å². The van der Waals surface area contributed by atoms with Crippen molar-refractivity contribution < 1.29 is 0 Å². The van der Waals surface area contributed by atoms with Gasteiger partial charge in [0, 0.05) is 50.9 Å². The second-order valence-electron chi connectivity index (χ2n) is 17.4. The van der Waals surface area contributed by atoms with E-state index in [1.165, 1.54) is 128 Å². The normalized spacial score (nSPS) is 13.2. The van der Waals surface area contributed by atoms with Gasteiger partial charge in [0.2, 0.25) is 0 Å². The summed E-state index contributed by atoms with van der Waals surface area (Å²) in [5, 5.41) is 2.46. The third-order valence-corrected chi connectivity index (χ3v) is 13.2. The topological polar surface area (TPSA) is 9.72 Å². The number of hydrogen-bond donors (Lipinski definition) is 0. The Morgan fingerprint density at radius 2 is 0.721 bits per heavy atom. The number of hydrogen-bond acceptors (Lipinski definition) is 3. The van der Waals surface area contributed by atoms with Gasteiger partial charge in [0.05, 0.1) is 5.69 Å². The maximum absolute atomic E-state index is 2.60. The van der Waals surface area contributed by atoms with E-state index in [9.17, 15) is 0 Å². The molecule has 0 fully saturated rings. The van der Waals surface area contributed by atoms with Crippen molar-refractivity contribution in [1.82, 2.24) is 0 Å². The fourth-order valence-corrected chi connectivity index (χ4v) is 10.5. The summed E-state index contributed by atoms with van der Waals surface area (Å²) in [7, 11) is 0. The van der Waals surface area contributed by atoms with Gasteiger partial charge in [-0.15, -0.1) is 0 Å². The van der Waals surface area contributed by atoms with Gasteiger partial charge in [-0.05, 0) is 168 Å². The molecule has 3 aliphatic rings. The zero-order chi connectivity index (χ0) is 41.1. The molecular formula is C57H44BN3. The van der Waals surface area contributed by atoms with Crippen LogP contribution in [0, 0.1) is 34.6 Å². The van der Waals surface area contributed by atoms with E-state index in [0.717, 1.165) is 0 Å². The zero-order valence-corrected chi connectivity index (χ0v) is 35.2. The first-order chi connectivity index (χ1) is 29.8. The first-order valence-corrected chi connectivity index (χ1v) is 21.5. The molecule has 0 spiro atoms. The Morgan fingerprint density at radius 1 is 0.295 bits per heavy atom. The fourth-order valence-electron chi connectivity index (χ4n) is 10.5. The maximum Gasteiger partial charge on any atom is 0.257 e. The van der Waals surface area contributed by atoms with Gasteiger partial charge >= 0.3 is 0 Å². The third-order valence-electron chi connectivity index (χ3n) is 13.2. The van der Waals surface area contributed by atoms with Crippen LogP contribution in [0.5, 0.6) is 0 Å². The molecule has 0 saturated heterocycles. The fraction of sp³-hybridized carbons (Fsp3) is 0.0877. The van der Waals surface area contributed by atoms with Crippen molar-refractivity contribution in [2.24, 2.45) is 0 Å². The summed E-state index contributed by atoms with van der Waals surface area (Å²) in [4.78, 5) is 7.69. The maximum atomic E-state index is 2.60. The van der Waals surface area contributed by atoms with E-state index in [0.29, 0.717) is 0 Å². The Hall–Kier alpha value is -7.30. The highest BCUT2D eigenvalue weighted by Gasteiger charge is 2.49. The number of nitrogens with zero attached hydrogens (tertiary/aromatic N) is 3. The van der Waals surface area contributed by atoms with E-state index < -0.39 is 0 Å². The summed E-state index contributed by atoms with van der Waals surface area (Å²) in [6, 6.07) is 66.1. The number of benzene rings is 9. The van der Waals surface area contributed by atoms with Crippen molar-refractivity contribution in [3.05, 3.63) is 204 Å². The minimum atomic E-state index is 0.0488. The first-order valence-electron chi connectivity index (χ1n) is 21.5. The number of aryl methyl sites for hydroxylation is 5. The molecule has 3 nitrogen and oxygen atoms in total. The molecular weight excluding hydrogens is 737 g/mol. The quantitative estimate of drug-likeness (QED) is 0.161. The lowest BCUT2D eigenvalue weighted by atomic mass is 9.31. The summed E-state index contributed by atoms with van der Waals surface area (Å²) in [6.07, 6.45) is 0. The van der Waals surface area contributed by atoms with Gasteiger partial charge < -0.3 is 14.7 Å².